The van der Waals surface area contributed by atoms with Crippen molar-refractivity contribution in [3.8, 4) is 0 Å². The van der Waals surface area contributed by atoms with Gasteiger partial charge in [-0.2, -0.15) is 0 Å². The van der Waals surface area contributed by atoms with E-state index in [2.05, 4.69) is 33.9 Å². The van der Waals surface area contributed by atoms with Crippen LogP contribution in [0.5, 0.6) is 0 Å². The third-order valence-corrected chi connectivity index (χ3v) is 3.39. The number of hydrogen-bond donors (Lipinski definition) is 1. The van der Waals surface area contributed by atoms with Gasteiger partial charge in [0.15, 0.2) is 0 Å². The van der Waals surface area contributed by atoms with Gasteiger partial charge in [0.2, 0.25) is 0 Å². The summed E-state index contributed by atoms with van der Waals surface area (Å²) in [5.74, 6) is 0. The molecule has 0 fully saturated rings. The number of aromatic nitrogens is 1. The SMILES string of the molecule is CCc1cccc(C(O)c2ncccc2Br)c1. The molecule has 17 heavy (non-hydrogen) atoms. The molecule has 1 aromatic heterocycles. The van der Waals surface area contributed by atoms with Crippen LogP contribution in [0.25, 0.3) is 0 Å². The van der Waals surface area contributed by atoms with Gasteiger partial charge in [0.1, 0.15) is 6.10 Å². The van der Waals surface area contributed by atoms with E-state index in [0.717, 1.165) is 16.5 Å². The third-order valence-electron chi connectivity index (χ3n) is 2.72. The number of nitrogens with zero attached hydrogens (tertiary/aromatic N) is 1. The summed E-state index contributed by atoms with van der Waals surface area (Å²) in [4.78, 5) is 4.21. The first-order valence-corrected chi connectivity index (χ1v) is 6.39. The number of aryl methyl sites for hydroxylation is 1. The summed E-state index contributed by atoms with van der Waals surface area (Å²) in [5.41, 5.74) is 2.75. The quantitative estimate of drug-likeness (QED) is 0.939. The molecule has 3 heteroatoms. The minimum Gasteiger partial charge on any atom is -0.382 e. The second-order valence-corrected chi connectivity index (χ2v) is 4.73. The molecule has 0 saturated carbocycles. The molecular formula is C14H14BrNO. The molecule has 1 aromatic carbocycles. The van der Waals surface area contributed by atoms with Crippen LogP contribution in [-0.2, 0) is 6.42 Å². The first-order chi connectivity index (χ1) is 8.22. The van der Waals surface area contributed by atoms with E-state index >= 15 is 0 Å². The number of hydrogen-bond acceptors (Lipinski definition) is 2. The molecule has 0 saturated heterocycles. The van der Waals surface area contributed by atoms with Gasteiger partial charge in [0.25, 0.3) is 0 Å². The topological polar surface area (TPSA) is 33.1 Å². The highest BCUT2D eigenvalue weighted by Gasteiger charge is 2.14. The van der Waals surface area contributed by atoms with Crippen molar-refractivity contribution in [2.75, 3.05) is 0 Å². The Kier molecular flexibility index (Phi) is 3.92. The van der Waals surface area contributed by atoms with Crippen molar-refractivity contribution in [3.05, 3.63) is 63.9 Å². The van der Waals surface area contributed by atoms with Gasteiger partial charge in [0.05, 0.1) is 5.69 Å². The van der Waals surface area contributed by atoms with Crippen LogP contribution in [0.1, 0.15) is 29.8 Å². The highest BCUT2D eigenvalue weighted by Crippen LogP contribution is 2.26. The summed E-state index contributed by atoms with van der Waals surface area (Å²) in [6, 6.07) is 11.7. The van der Waals surface area contributed by atoms with E-state index in [1.54, 1.807) is 6.20 Å². The summed E-state index contributed by atoms with van der Waals surface area (Å²) in [6.45, 7) is 2.10. The highest BCUT2D eigenvalue weighted by atomic mass is 79.9. The van der Waals surface area contributed by atoms with Crippen LogP contribution in [0.15, 0.2) is 47.1 Å². The standard InChI is InChI=1S/C14H14BrNO/c1-2-10-5-3-6-11(9-10)14(17)13-12(15)7-4-8-16-13/h3-9,14,17H,2H2,1H3. The summed E-state index contributed by atoms with van der Waals surface area (Å²) >= 11 is 3.41. The van der Waals surface area contributed by atoms with E-state index in [0.29, 0.717) is 5.69 Å². The number of halogens is 1. The first kappa shape index (κ1) is 12.3. The number of pyridine rings is 1. The van der Waals surface area contributed by atoms with Crippen LogP contribution in [0.4, 0.5) is 0 Å². The van der Waals surface area contributed by atoms with Crippen LogP contribution < -0.4 is 0 Å². The smallest absolute Gasteiger partial charge is 0.122 e. The van der Waals surface area contributed by atoms with Crippen LogP contribution >= 0.6 is 15.9 Å². The predicted octanol–water partition coefficient (Wildman–Crippen LogP) is 3.49. The van der Waals surface area contributed by atoms with Gasteiger partial charge in [0, 0.05) is 10.7 Å². The minimum atomic E-state index is -0.683. The predicted molar refractivity (Wildman–Crippen MR) is 71.8 cm³/mol. The second kappa shape index (κ2) is 5.43. The lowest BCUT2D eigenvalue weighted by molar-refractivity contribution is 0.214. The minimum absolute atomic E-state index is 0.653. The van der Waals surface area contributed by atoms with E-state index in [1.165, 1.54) is 5.56 Å². The van der Waals surface area contributed by atoms with Gasteiger partial charge >= 0.3 is 0 Å². The Bertz CT molecular complexity index is 513. The molecule has 0 aliphatic carbocycles. The Morgan fingerprint density at radius 1 is 1.29 bits per heavy atom. The Hall–Kier alpha value is -1.19. The van der Waals surface area contributed by atoms with Crippen molar-refractivity contribution < 1.29 is 5.11 Å². The fourth-order valence-corrected chi connectivity index (χ4v) is 2.21. The molecule has 88 valence electrons. The van der Waals surface area contributed by atoms with Crippen molar-refractivity contribution in [2.45, 2.75) is 19.4 Å². The summed E-state index contributed by atoms with van der Waals surface area (Å²) in [6.07, 6.45) is 1.97. The molecule has 2 nitrogen and oxygen atoms in total. The lowest BCUT2D eigenvalue weighted by atomic mass is 10.0. The Labute approximate surface area is 109 Å². The van der Waals surface area contributed by atoms with E-state index in [-0.39, 0.29) is 0 Å². The second-order valence-electron chi connectivity index (χ2n) is 3.87. The maximum atomic E-state index is 10.3. The van der Waals surface area contributed by atoms with Crippen LogP contribution in [0, 0.1) is 0 Å². The van der Waals surface area contributed by atoms with Crippen molar-refractivity contribution in [2.24, 2.45) is 0 Å². The largest absolute Gasteiger partial charge is 0.382 e. The zero-order valence-corrected chi connectivity index (χ0v) is 11.2. The average Bonchev–Trinajstić information content (AvgIpc) is 2.38. The molecule has 2 aromatic rings. The van der Waals surface area contributed by atoms with Crippen LogP contribution in [0.3, 0.4) is 0 Å². The summed E-state index contributed by atoms with van der Waals surface area (Å²) in [7, 11) is 0. The zero-order valence-electron chi connectivity index (χ0n) is 9.60. The summed E-state index contributed by atoms with van der Waals surface area (Å²) < 4.78 is 0.828. The van der Waals surface area contributed by atoms with Crippen LogP contribution in [-0.4, -0.2) is 10.1 Å². The molecule has 0 amide bonds. The fourth-order valence-electron chi connectivity index (χ4n) is 1.74. The molecule has 0 spiro atoms. The molecule has 0 aliphatic heterocycles. The maximum Gasteiger partial charge on any atom is 0.122 e. The average molecular weight is 292 g/mol. The molecule has 0 radical (unpaired) electrons. The fraction of sp³-hybridized carbons (Fsp3) is 0.214. The molecule has 1 atom stereocenters. The van der Waals surface area contributed by atoms with Crippen molar-refractivity contribution in [3.63, 3.8) is 0 Å². The number of rotatable bonds is 3. The highest BCUT2D eigenvalue weighted by molar-refractivity contribution is 9.10. The van der Waals surface area contributed by atoms with Gasteiger partial charge < -0.3 is 5.11 Å². The molecule has 0 aliphatic rings. The van der Waals surface area contributed by atoms with Crippen LogP contribution in [0.2, 0.25) is 0 Å². The van der Waals surface area contributed by atoms with E-state index < -0.39 is 6.10 Å². The number of aliphatic hydroxyl groups excluding tert-OH is 1. The number of aliphatic hydroxyl groups is 1. The lowest BCUT2D eigenvalue weighted by Crippen LogP contribution is -2.03. The molecule has 2 rings (SSSR count). The first-order valence-electron chi connectivity index (χ1n) is 5.59. The normalized spacial score (nSPS) is 12.4. The van der Waals surface area contributed by atoms with Gasteiger partial charge in [-0.15, -0.1) is 0 Å². The van der Waals surface area contributed by atoms with Crippen molar-refractivity contribution in [1.29, 1.82) is 0 Å². The van der Waals surface area contributed by atoms with E-state index in [1.807, 2.05) is 30.3 Å². The third kappa shape index (κ3) is 2.73. The Morgan fingerprint density at radius 2 is 2.12 bits per heavy atom. The molecule has 0 bridgehead atoms. The molecule has 1 N–H and O–H groups in total. The summed E-state index contributed by atoms with van der Waals surface area (Å²) in [5, 5.41) is 10.3. The molecule has 1 heterocycles. The van der Waals surface area contributed by atoms with E-state index in [9.17, 15) is 5.11 Å². The van der Waals surface area contributed by atoms with Gasteiger partial charge in [-0.05, 0) is 45.6 Å². The zero-order chi connectivity index (χ0) is 12.3. The lowest BCUT2D eigenvalue weighted by Gasteiger charge is -2.12. The van der Waals surface area contributed by atoms with Crippen molar-refractivity contribution in [1.82, 2.24) is 4.98 Å². The van der Waals surface area contributed by atoms with Gasteiger partial charge in [-0.25, -0.2) is 0 Å². The Balaban J connectivity index is 2.37. The monoisotopic (exact) mass is 291 g/mol. The van der Waals surface area contributed by atoms with Crippen molar-refractivity contribution >= 4 is 15.9 Å². The number of benzene rings is 1. The van der Waals surface area contributed by atoms with E-state index in [4.69, 9.17) is 0 Å². The molecular weight excluding hydrogens is 278 g/mol. The maximum absolute atomic E-state index is 10.3. The van der Waals surface area contributed by atoms with Gasteiger partial charge in [-0.1, -0.05) is 31.2 Å². The molecule has 1 unspecified atom stereocenters. The van der Waals surface area contributed by atoms with Gasteiger partial charge in [-0.3, -0.25) is 4.98 Å². The Morgan fingerprint density at radius 3 is 2.82 bits per heavy atom.